The molecule has 2 saturated heterocycles. The SMILES string of the molecule is CC(CCC(=O)N1CCC2C1C(=O)CN2S(=O)(=O)c1ccccc1)C(N)=O. The van der Waals surface area contributed by atoms with Gasteiger partial charge in [0.2, 0.25) is 21.8 Å². The molecule has 2 heterocycles. The lowest BCUT2D eigenvalue weighted by Gasteiger charge is -2.24. The number of rotatable bonds is 6. The van der Waals surface area contributed by atoms with Gasteiger partial charge in [0, 0.05) is 18.9 Å². The molecule has 3 unspecified atom stereocenters. The quantitative estimate of drug-likeness (QED) is 0.737. The fourth-order valence-corrected chi connectivity index (χ4v) is 5.37. The Morgan fingerprint density at radius 3 is 2.56 bits per heavy atom. The van der Waals surface area contributed by atoms with Crippen molar-refractivity contribution in [1.82, 2.24) is 9.21 Å². The Morgan fingerprint density at radius 1 is 1.26 bits per heavy atom. The van der Waals surface area contributed by atoms with Crippen molar-refractivity contribution in [2.45, 2.75) is 43.2 Å². The van der Waals surface area contributed by atoms with Gasteiger partial charge in [-0.2, -0.15) is 4.31 Å². The summed E-state index contributed by atoms with van der Waals surface area (Å²) in [6.07, 6.45) is 0.827. The third-order valence-corrected chi connectivity index (χ3v) is 7.21. The number of sulfonamides is 1. The molecule has 1 aromatic carbocycles. The highest BCUT2D eigenvalue weighted by molar-refractivity contribution is 7.89. The van der Waals surface area contributed by atoms with Gasteiger partial charge in [0.25, 0.3) is 0 Å². The van der Waals surface area contributed by atoms with Crippen molar-refractivity contribution < 1.29 is 22.8 Å². The van der Waals surface area contributed by atoms with E-state index < -0.39 is 33.9 Å². The van der Waals surface area contributed by atoms with Crippen LogP contribution < -0.4 is 5.73 Å². The number of primary amides is 1. The molecule has 27 heavy (non-hydrogen) atoms. The van der Waals surface area contributed by atoms with Crippen LogP contribution in [0.25, 0.3) is 0 Å². The minimum Gasteiger partial charge on any atom is -0.369 e. The molecule has 0 spiro atoms. The molecule has 2 amide bonds. The van der Waals surface area contributed by atoms with Crippen molar-refractivity contribution >= 4 is 27.6 Å². The highest BCUT2D eigenvalue weighted by Crippen LogP contribution is 2.34. The van der Waals surface area contributed by atoms with Crippen molar-refractivity contribution in [2.24, 2.45) is 11.7 Å². The molecule has 0 aliphatic carbocycles. The van der Waals surface area contributed by atoms with E-state index in [1.165, 1.54) is 21.3 Å². The van der Waals surface area contributed by atoms with Gasteiger partial charge in [-0.05, 0) is 25.0 Å². The number of amides is 2. The monoisotopic (exact) mass is 393 g/mol. The van der Waals surface area contributed by atoms with Gasteiger partial charge >= 0.3 is 0 Å². The lowest BCUT2D eigenvalue weighted by molar-refractivity contribution is -0.136. The van der Waals surface area contributed by atoms with Crippen molar-refractivity contribution in [2.75, 3.05) is 13.1 Å². The highest BCUT2D eigenvalue weighted by atomic mass is 32.2. The fourth-order valence-electron chi connectivity index (χ4n) is 3.73. The summed E-state index contributed by atoms with van der Waals surface area (Å²) in [4.78, 5) is 37.8. The van der Waals surface area contributed by atoms with Gasteiger partial charge in [-0.3, -0.25) is 14.4 Å². The number of nitrogens with zero attached hydrogens (tertiary/aromatic N) is 2. The molecule has 3 rings (SSSR count). The van der Waals surface area contributed by atoms with Gasteiger partial charge < -0.3 is 10.6 Å². The Labute approximate surface area is 158 Å². The highest BCUT2D eigenvalue weighted by Gasteiger charge is 2.53. The number of nitrogens with two attached hydrogens (primary N) is 1. The van der Waals surface area contributed by atoms with Gasteiger partial charge in [-0.1, -0.05) is 25.1 Å². The van der Waals surface area contributed by atoms with Crippen LogP contribution in [0.5, 0.6) is 0 Å². The number of ketones is 1. The van der Waals surface area contributed by atoms with E-state index in [4.69, 9.17) is 5.73 Å². The van der Waals surface area contributed by atoms with Gasteiger partial charge in [0.05, 0.1) is 17.5 Å². The van der Waals surface area contributed by atoms with E-state index >= 15 is 0 Å². The van der Waals surface area contributed by atoms with Crippen LogP contribution in [0.1, 0.15) is 26.2 Å². The predicted molar refractivity (Wildman–Crippen MR) is 96.8 cm³/mol. The molecule has 2 aliphatic heterocycles. The lowest BCUT2D eigenvalue weighted by atomic mass is 10.0. The van der Waals surface area contributed by atoms with Gasteiger partial charge in [0.1, 0.15) is 6.04 Å². The maximum atomic E-state index is 12.9. The van der Waals surface area contributed by atoms with Gasteiger partial charge in [0.15, 0.2) is 5.78 Å². The normalized spacial score (nSPS) is 24.0. The van der Waals surface area contributed by atoms with E-state index in [1.54, 1.807) is 25.1 Å². The largest absolute Gasteiger partial charge is 0.369 e. The zero-order chi connectivity index (χ0) is 19.8. The molecular weight excluding hydrogens is 370 g/mol. The lowest BCUT2D eigenvalue weighted by Crippen LogP contribution is -2.43. The van der Waals surface area contributed by atoms with Gasteiger partial charge in [-0.25, -0.2) is 8.42 Å². The maximum absolute atomic E-state index is 12.9. The third-order valence-electron chi connectivity index (χ3n) is 5.32. The Balaban J connectivity index is 1.75. The molecule has 146 valence electrons. The van der Waals surface area contributed by atoms with E-state index in [-0.39, 0.29) is 29.6 Å². The van der Waals surface area contributed by atoms with Crippen LogP contribution >= 0.6 is 0 Å². The summed E-state index contributed by atoms with van der Waals surface area (Å²) in [6, 6.07) is 6.69. The average Bonchev–Trinajstić information content (AvgIpc) is 3.21. The topological polar surface area (TPSA) is 118 Å². The Morgan fingerprint density at radius 2 is 1.93 bits per heavy atom. The Bertz CT molecular complexity index is 855. The number of fused-ring (bicyclic) bond motifs is 1. The van der Waals surface area contributed by atoms with Crippen LogP contribution in [-0.2, 0) is 24.4 Å². The minimum absolute atomic E-state index is 0.103. The van der Waals surface area contributed by atoms with Crippen molar-refractivity contribution in [1.29, 1.82) is 0 Å². The van der Waals surface area contributed by atoms with Crippen molar-refractivity contribution in [3.63, 3.8) is 0 Å². The van der Waals surface area contributed by atoms with Crippen LogP contribution in [-0.4, -0.2) is 60.4 Å². The van der Waals surface area contributed by atoms with E-state index in [0.717, 1.165) is 0 Å². The van der Waals surface area contributed by atoms with Crippen LogP contribution in [0.3, 0.4) is 0 Å². The molecule has 0 aromatic heterocycles. The zero-order valence-corrected chi connectivity index (χ0v) is 15.9. The van der Waals surface area contributed by atoms with E-state index in [9.17, 15) is 22.8 Å². The molecular formula is C18H23N3O5S. The molecule has 1 aromatic rings. The van der Waals surface area contributed by atoms with Gasteiger partial charge in [-0.15, -0.1) is 0 Å². The summed E-state index contributed by atoms with van der Waals surface area (Å²) in [5.74, 6) is -1.42. The minimum atomic E-state index is -3.80. The fraction of sp³-hybridized carbons (Fsp3) is 0.500. The number of benzene rings is 1. The second-order valence-corrected chi connectivity index (χ2v) is 8.95. The summed E-state index contributed by atoms with van der Waals surface area (Å²) in [5.41, 5.74) is 5.21. The predicted octanol–water partition coefficient (Wildman–Crippen LogP) is 0.131. The van der Waals surface area contributed by atoms with Crippen molar-refractivity contribution in [3.8, 4) is 0 Å². The van der Waals surface area contributed by atoms with Crippen LogP contribution in [0.4, 0.5) is 0 Å². The van der Waals surface area contributed by atoms with E-state index in [1.807, 2.05) is 0 Å². The first-order valence-electron chi connectivity index (χ1n) is 8.92. The second kappa shape index (κ2) is 7.40. The zero-order valence-electron chi connectivity index (χ0n) is 15.1. The molecule has 8 nitrogen and oxygen atoms in total. The molecule has 0 saturated carbocycles. The number of hydrogen-bond acceptors (Lipinski definition) is 5. The standard InChI is InChI=1S/C18H23N3O5S/c1-12(18(19)24)7-8-16(23)20-10-9-14-17(20)15(22)11-21(14)27(25,26)13-5-3-2-4-6-13/h2-6,12,14,17H,7-11H2,1H3,(H2,19,24). The second-order valence-electron chi connectivity index (χ2n) is 7.06. The summed E-state index contributed by atoms with van der Waals surface area (Å²) < 4.78 is 27.0. The third kappa shape index (κ3) is 3.61. The Kier molecular flexibility index (Phi) is 5.34. The summed E-state index contributed by atoms with van der Waals surface area (Å²) in [5, 5.41) is 0. The molecule has 2 N–H and O–H groups in total. The first kappa shape index (κ1) is 19.5. The average molecular weight is 393 g/mol. The van der Waals surface area contributed by atoms with Crippen LogP contribution in [0.2, 0.25) is 0 Å². The van der Waals surface area contributed by atoms with E-state index in [2.05, 4.69) is 0 Å². The molecule has 2 fully saturated rings. The van der Waals surface area contributed by atoms with Crippen molar-refractivity contribution in [3.05, 3.63) is 30.3 Å². The molecule has 0 radical (unpaired) electrons. The number of Topliss-reactive ketones (excluding diaryl/α,β-unsaturated/α-hetero) is 1. The summed E-state index contributed by atoms with van der Waals surface area (Å²) in [7, 11) is -3.80. The maximum Gasteiger partial charge on any atom is 0.243 e. The Hall–Kier alpha value is -2.26. The summed E-state index contributed by atoms with van der Waals surface area (Å²) >= 11 is 0. The molecule has 2 aliphatic rings. The molecule has 3 atom stereocenters. The smallest absolute Gasteiger partial charge is 0.243 e. The number of carbonyl (C=O) groups excluding carboxylic acids is 3. The van der Waals surface area contributed by atoms with Crippen LogP contribution in [0, 0.1) is 5.92 Å². The number of hydrogen-bond donors (Lipinski definition) is 1. The molecule has 9 heteroatoms. The van der Waals surface area contributed by atoms with E-state index in [0.29, 0.717) is 19.4 Å². The first-order valence-corrected chi connectivity index (χ1v) is 10.4. The first-order chi connectivity index (χ1) is 12.7. The van der Waals surface area contributed by atoms with Crippen LogP contribution in [0.15, 0.2) is 35.2 Å². The number of likely N-dealkylation sites (tertiary alicyclic amines) is 1. The molecule has 0 bridgehead atoms. The summed E-state index contributed by atoms with van der Waals surface area (Å²) in [6.45, 7) is 1.75. The number of carbonyl (C=O) groups is 3.